The fourth-order valence-electron chi connectivity index (χ4n) is 5.98. The van der Waals surface area contributed by atoms with Gasteiger partial charge in [-0.3, -0.25) is 9.78 Å². The van der Waals surface area contributed by atoms with Crippen molar-refractivity contribution in [3.8, 4) is 11.3 Å². The maximum atomic E-state index is 12.5. The molecule has 1 fully saturated rings. The van der Waals surface area contributed by atoms with Gasteiger partial charge < -0.3 is 26.2 Å². The number of nitrogens with one attached hydrogen (secondary N) is 2. The van der Waals surface area contributed by atoms with Crippen LogP contribution in [0.25, 0.3) is 27.7 Å². The second kappa shape index (κ2) is 13.8. The lowest BCUT2D eigenvalue weighted by molar-refractivity contribution is -0.116. The zero-order valence-electron chi connectivity index (χ0n) is 27.2. The van der Waals surface area contributed by atoms with Crippen molar-refractivity contribution in [1.82, 2.24) is 29.5 Å². The van der Waals surface area contributed by atoms with Gasteiger partial charge in [0.2, 0.25) is 17.8 Å². The summed E-state index contributed by atoms with van der Waals surface area (Å²) >= 11 is 0. The van der Waals surface area contributed by atoms with Crippen molar-refractivity contribution in [1.29, 1.82) is 0 Å². The molecule has 0 atom stereocenters. The van der Waals surface area contributed by atoms with Crippen LogP contribution in [0.5, 0.6) is 0 Å². The summed E-state index contributed by atoms with van der Waals surface area (Å²) in [5.41, 5.74) is 11.9. The van der Waals surface area contributed by atoms with Crippen LogP contribution in [-0.2, 0) is 11.3 Å². The van der Waals surface area contributed by atoms with E-state index in [4.69, 9.17) is 20.7 Å². The van der Waals surface area contributed by atoms with Crippen LogP contribution in [0.15, 0.2) is 60.9 Å². The second-order valence-corrected chi connectivity index (χ2v) is 12.7. The van der Waals surface area contributed by atoms with Crippen molar-refractivity contribution < 1.29 is 4.79 Å². The van der Waals surface area contributed by atoms with E-state index in [0.717, 1.165) is 83.4 Å². The van der Waals surface area contributed by atoms with Gasteiger partial charge in [-0.15, -0.1) is 0 Å². The summed E-state index contributed by atoms with van der Waals surface area (Å²) < 4.78 is 1.81. The number of benzene rings is 2. The van der Waals surface area contributed by atoms with Gasteiger partial charge in [0.1, 0.15) is 0 Å². The minimum Gasteiger partial charge on any atom is -0.350 e. The first-order chi connectivity index (χ1) is 22.3. The van der Waals surface area contributed by atoms with Gasteiger partial charge in [0.15, 0.2) is 5.65 Å². The molecule has 1 saturated heterocycles. The van der Waals surface area contributed by atoms with Crippen LogP contribution < -0.4 is 21.3 Å². The number of amides is 1. The number of carbonyl (C=O) groups is 1. The molecule has 6 rings (SSSR count). The van der Waals surface area contributed by atoms with E-state index in [9.17, 15) is 4.79 Å². The van der Waals surface area contributed by atoms with Crippen LogP contribution in [0, 0.1) is 0 Å². The number of anilines is 3. The molecule has 1 aliphatic rings. The number of fused-ring (bicyclic) bond motifs is 2. The first-order valence-corrected chi connectivity index (χ1v) is 16.2. The number of hydrogen-bond donors (Lipinski definition) is 3. The molecule has 11 nitrogen and oxygen atoms in total. The highest BCUT2D eigenvalue weighted by Gasteiger charge is 2.22. The lowest BCUT2D eigenvalue weighted by Gasteiger charge is -2.30. The van der Waals surface area contributed by atoms with Crippen LogP contribution >= 0.6 is 0 Å². The van der Waals surface area contributed by atoms with Crippen LogP contribution in [0.3, 0.4) is 0 Å². The van der Waals surface area contributed by atoms with Gasteiger partial charge in [0.25, 0.3) is 0 Å². The molecular weight excluding hydrogens is 576 g/mol. The molecular formula is C35H44N10O. The molecule has 4 N–H and O–H groups in total. The predicted molar refractivity (Wildman–Crippen MR) is 185 cm³/mol. The number of nitrogens with zero attached hydrogens (tertiary/aromatic N) is 7. The SMILES string of the molecule is CC(C)c1cnn2c(NCc3ccccc3-c3nccc4cc(NC(=O)CCCN(C)C)ccc34)nc(N3CCC(N)CC3)nc12. The van der Waals surface area contributed by atoms with Gasteiger partial charge in [-0.25, -0.2) is 0 Å². The molecule has 0 bridgehead atoms. The van der Waals surface area contributed by atoms with Crippen LogP contribution in [0.1, 0.15) is 56.6 Å². The Morgan fingerprint density at radius 2 is 1.89 bits per heavy atom. The number of carbonyl (C=O) groups excluding carboxylic acids is 1. The number of piperidine rings is 1. The van der Waals surface area contributed by atoms with E-state index in [1.165, 1.54) is 0 Å². The highest BCUT2D eigenvalue weighted by Crippen LogP contribution is 2.32. The lowest BCUT2D eigenvalue weighted by atomic mass is 9.99. The quantitative estimate of drug-likeness (QED) is 0.181. The maximum Gasteiger partial charge on any atom is 0.230 e. The molecule has 46 heavy (non-hydrogen) atoms. The summed E-state index contributed by atoms with van der Waals surface area (Å²) in [7, 11) is 4.03. The zero-order valence-corrected chi connectivity index (χ0v) is 27.2. The minimum atomic E-state index is 0.0236. The van der Waals surface area contributed by atoms with Crippen molar-refractivity contribution in [2.45, 2.75) is 58.0 Å². The van der Waals surface area contributed by atoms with E-state index in [1.807, 2.05) is 67.4 Å². The number of nitrogens with two attached hydrogens (primary N) is 1. The topological polar surface area (TPSA) is 130 Å². The van der Waals surface area contributed by atoms with Crippen molar-refractivity contribution in [2.24, 2.45) is 5.73 Å². The number of rotatable bonds is 11. The number of pyridine rings is 1. The van der Waals surface area contributed by atoms with Crippen LogP contribution in [-0.4, -0.2) is 75.1 Å². The summed E-state index contributed by atoms with van der Waals surface area (Å²) in [5.74, 6) is 1.65. The standard InChI is InChI=1S/C35H44N10O/c1-23(2)30-22-39-45-33(30)41-35(44-18-14-26(36)15-19-44)42-34(45)38-21-25-8-5-6-9-28(25)32-29-12-11-27(20-24(29)13-16-37-32)40-31(46)10-7-17-43(3)4/h5-6,8-9,11-13,16,20,22-23,26H,7,10,14-15,17-19,21,36H2,1-4H3,(H,40,46)(H,38,41,42). The van der Waals surface area contributed by atoms with E-state index >= 15 is 0 Å². The Kier molecular flexibility index (Phi) is 9.41. The lowest BCUT2D eigenvalue weighted by Crippen LogP contribution is -2.40. The minimum absolute atomic E-state index is 0.0236. The van der Waals surface area contributed by atoms with Crippen LogP contribution in [0.2, 0.25) is 0 Å². The molecule has 0 saturated carbocycles. The number of hydrogen-bond acceptors (Lipinski definition) is 9. The Morgan fingerprint density at radius 3 is 2.67 bits per heavy atom. The van der Waals surface area contributed by atoms with Gasteiger partial charge >= 0.3 is 0 Å². The van der Waals surface area contributed by atoms with E-state index in [0.29, 0.717) is 24.9 Å². The normalized spacial score (nSPS) is 14.1. The van der Waals surface area contributed by atoms with E-state index < -0.39 is 0 Å². The Bertz CT molecular complexity index is 1820. The zero-order chi connectivity index (χ0) is 32.2. The third kappa shape index (κ3) is 6.95. The molecule has 0 spiro atoms. The highest BCUT2D eigenvalue weighted by atomic mass is 16.1. The van der Waals surface area contributed by atoms with Crippen molar-refractivity contribution in [3.05, 3.63) is 72.1 Å². The van der Waals surface area contributed by atoms with Gasteiger partial charge in [0.05, 0.1) is 11.9 Å². The monoisotopic (exact) mass is 620 g/mol. The average molecular weight is 621 g/mol. The summed E-state index contributed by atoms with van der Waals surface area (Å²) in [6.45, 7) is 7.37. The molecule has 1 amide bonds. The first kappa shape index (κ1) is 31.4. The molecule has 11 heteroatoms. The third-order valence-corrected chi connectivity index (χ3v) is 8.59. The van der Waals surface area contributed by atoms with Crippen LogP contribution in [0.4, 0.5) is 17.6 Å². The molecule has 0 unspecified atom stereocenters. The predicted octanol–water partition coefficient (Wildman–Crippen LogP) is 5.28. The summed E-state index contributed by atoms with van der Waals surface area (Å²) in [6, 6.07) is 16.5. The van der Waals surface area contributed by atoms with Crippen molar-refractivity contribution in [2.75, 3.05) is 49.3 Å². The third-order valence-electron chi connectivity index (χ3n) is 8.59. The molecule has 5 aromatic rings. The second-order valence-electron chi connectivity index (χ2n) is 12.7. The van der Waals surface area contributed by atoms with E-state index in [1.54, 1.807) is 0 Å². The Hall–Kier alpha value is -4.61. The van der Waals surface area contributed by atoms with Crippen molar-refractivity contribution in [3.63, 3.8) is 0 Å². The molecule has 1 aliphatic heterocycles. The van der Waals surface area contributed by atoms with Gasteiger partial charge in [0, 0.05) is 60.5 Å². The van der Waals surface area contributed by atoms with Crippen molar-refractivity contribution >= 4 is 39.9 Å². The molecule has 4 heterocycles. The fraction of sp³-hybridized carbons (Fsp3) is 0.400. The maximum absolute atomic E-state index is 12.5. The highest BCUT2D eigenvalue weighted by molar-refractivity contribution is 5.99. The van der Waals surface area contributed by atoms with E-state index in [2.05, 4.69) is 51.5 Å². The largest absolute Gasteiger partial charge is 0.350 e. The Labute approximate surface area is 270 Å². The molecule has 2 aromatic carbocycles. The van der Waals surface area contributed by atoms with Gasteiger partial charge in [-0.05, 0) is 75.0 Å². The molecule has 240 valence electrons. The Balaban J connectivity index is 1.27. The Morgan fingerprint density at radius 1 is 1.09 bits per heavy atom. The molecule has 3 aromatic heterocycles. The number of aromatic nitrogens is 5. The van der Waals surface area contributed by atoms with E-state index in [-0.39, 0.29) is 17.9 Å². The molecule has 0 radical (unpaired) electrons. The van der Waals surface area contributed by atoms with Gasteiger partial charge in [-0.2, -0.15) is 19.6 Å². The summed E-state index contributed by atoms with van der Waals surface area (Å²) in [4.78, 5) is 31.6. The molecule has 0 aliphatic carbocycles. The van der Waals surface area contributed by atoms with Gasteiger partial charge in [-0.1, -0.05) is 44.2 Å². The summed E-state index contributed by atoms with van der Waals surface area (Å²) in [5, 5.41) is 13.3. The first-order valence-electron chi connectivity index (χ1n) is 16.2. The fourth-order valence-corrected chi connectivity index (χ4v) is 5.98. The smallest absolute Gasteiger partial charge is 0.230 e. The summed E-state index contributed by atoms with van der Waals surface area (Å²) in [6.07, 6.45) is 6.87. The average Bonchev–Trinajstić information content (AvgIpc) is 3.48.